The Balaban J connectivity index is 1.75. The molecule has 2 nitrogen and oxygen atoms in total. The average molecular weight is 359 g/mol. The first-order valence-electron chi connectivity index (χ1n) is 8.21. The first-order chi connectivity index (χ1) is 12.6. The molecule has 4 aromatic carbocycles. The predicted octanol–water partition coefficient (Wildman–Crippen LogP) is 6.27. The van der Waals surface area contributed by atoms with E-state index in [4.69, 9.17) is 16.3 Å². The Morgan fingerprint density at radius 2 is 1.42 bits per heavy atom. The third-order valence-corrected chi connectivity index (χ3v) is 4.62. The lowest BCUT2D eigenvalue weighted by Gasteiger charge is -2.12. The van der Waals surface area contributed by atoms with Crippen LogP contribution in [-0.2, 0) is 4.79 Å². The molecule has 4 aromatic rings. The third kappa shape index (κ3) is 2.96. The Bertz CT molecular complexity index is 1140. The molecule has 0 amide bonds. The Labute approximate surface area is 156 Å². The van der Waals surface area contributed by atoms with Crippen molar-refractivity contribution in [3.8, 4) is 5.75 Å². The number of rotatable bonds is 3. The van der Waals surface area contributed by atoms with Gasteiger partial charge in [-0.1, -0.05) is 78.8 Å². The highest BCUT2D eigenvalue weighted by atomic mass is 35.5. The van der Waals surface area contributed by atoms with Crippen molar-refractivity contribution < 1.29 is 9.53 Å². The summed E-state index contributed by atoms with van der Waals surface area (Å²) >= 11 is 5.90. The van der Waals surface area contributed by atoms with Crippen LogP contribution in [-0.4, -0.2) is 5.97 Å². The largest absolute Gasteiger partial charge is 0.422 e. The molecule has 0 fully saturated rings. The number of ether oxygens (including phenoxy) is 1. The lowest BCUT2D eigenvalue weighted by atomic mass is 10.0. The van der Waals surface area contributed by atoms with Crippen LogP contribution in [0.3, 0.4) is 0 Å². The number of benzene rings is 4. The molecule has 0 aliphatic rings. The zero-order chi connectivity index (χ0) is 18.1. The van der Waals surface area contributed by atoms with Crippen molar-refractivity contribution in [2.75, 3.05) is 0 Å². The molecule has 0 aliphatic heterocycles. The van der Waals surface area contributed by atoms with E-state index in [0.29, 0.717) is 21.9 Å². The van der Waals surface area contributed by atoms with Crippen molar-refractivity contribution in [3.63, 3.8) is 0 Å². The summed E-state index contributed by atoms with van der Waals surface area (Å²) in [5.41, 5.74) is 0.975. The Morgan fingerprint density at radius 1 is 0.808 bits per heavy atom. The molecule has 0 bridgehead atoms. The highest BCUT2D eigenvalue weighted by molar-refractivity contribution is 6.30. The first-order valence-corrected chi connectivity index (χ1v) is 8.59. The lowest BCUT2D eigenvalue weighted by molar-refractivity contribution is -0.127. The molecule has 26 heavy (non-hydrogen) atoms. The SMILES string of the molecule is C=C(C(=O)Oc1cc2ccccc2c2ccccc12)c1ccc(Cl)cc1. The monoisotopic (exact) mass is 358 g/mol. The van der Waals surface area contributed by atoms with Crippen LogP contribution in [0.25, 0.3) is 27.1 Å². The molecule has 126 valence electrons. The molecule has 0 heterocycles. The highest BCUT2D eigenvalue weighted by Crippen LogP contribution is 2.34. The van der Waals surface area contributed by atoms with Crippen LogP contribution in [0, 0.1) is 0 Å². The smallest absolute Gasteiger partial charge is 0.343 e. The van der Waals surface area contributed by atoms with E-state index in [9.17, 15) is 4.79 Å². The van der Waals surface area contributed by atoms with Crippen LogP contribution < -0.4 is 4.74 Å². The molecule has 0 saturated heterocycles. The number of carbonyl (C=O) groups is 1. The van der Waals surface area contributed by atoms with Crippen LogP contribution in [0.1, 0.15) is 5.56 Å². The predicted molar refractivity (Wildman–Crippen MR) is 108 cm³/mol. The topological polar surface area (TPSA) is 26.3 Å². The summed E-state index contributed by atoms with van der Waals surface area (Å²) in [5.74, 6) is 0.0483. The van der Waals surface area contributed by atoms with E-state index < -0.39 is 5.97 Å². The fourth-order valence-corrected chi connectivity index (χ4v) is 3.16. The molecule has 4 rings (SSSR count). The summed E-state index contributed by atoms with van der Waals surface area (Å²) < 4.78 is 5.71. The first kappa shape index (κ1) is 16.4. The van der Waals surface area contributed by atoms with Gasteiger partial charge in [-0.25, -0.2) is 4.79 Å². The van der Waals surface area contributed by atoms with Gasteiger partial charge >= 0.3 is 5.97 Å². The molecular weight excluding hydrogens is 344 g/mol. The molecule has 0 aliphatic carbocycles. The average Bonchev–Trinajstić information content (AvgIpc) is 2.68. The van der Waals surface area contributed by atoms with Crippen molar-refractivity contribution in [1.29, 1.82) is 0 Å². The molecule has 0 radical (unpaired) electrons. The second kappa shape index (κ2) is 6.66. The minimum Gasteiger partial charge on any atom is -0.422 e. The molecular formula is C23H15ClO2. The lowest BCUT2D eigenvalue weighted by Crippen LogP contribution is -2.10. The molecule has 0 unspecified atom stereocenters. The summed E-state index contributed by atoms with van der Waals surface area (Å²) in [6, 6.07) is 24.8. The maximum atomic E-state index is 12.6. The zero-order valence-electron chi connectivity index (χ0n) is 13.9. The summed E-state index contributed by atoms with van der Waals surface area (Å²) in [5, 5.41) is 4.69. The van der Waals surface area contributed by atoms with Gasteiger partial charge in [0.25, 0.3) is 0 Å². The maximum Gasteiger partial charge on any atom is 0.343 e. The van der Waals surface area contributed by atoms with E-state index in [1.165, 1.54) is 0 Å². The Morgan fingerprint density at radius 3 is 2.15 bits per heavy atom. The van der Waals surface area contributed by atoms with Gasteiger partial charge in [0.15, 0.2) is 0 Å². The van der Waals surface area contributed by atoms with Crippen LogP contribution in [0.2, 0.25) is 5.02 Å². The van der Waals surface area contributed by atoms with Crippen LogP contribution in [0.5, 0.6) is 5.75 Å². The van der Waals surface area contributed by atoms with Gasteiger partial charge in [0.1, 0.15) is 5.75 Å². The van der Waals surface area contributed by atoms with Crippen LogP contribution in [0.15, 0.2) is 85.4 Å². The number of fused-ring (bicyclic) bond motifs is 3. The van der Waals surface area contributed by atoms with Gasteiger partial charge in [-0.05, 0) is 39.9 Å². The number of hydrogen-bond acceptors (Lipinski definition) is 2. The molecule has 0 N–H and O–H groups in total. The quantitative estimate of drug-likeness (QED) is 0.187. The summed E-state index contributed by atoms with van der Waals surface area (Å²) in [7, 11) is 0. The fourth-order valence-electron chi connectivity index (χ4n) is 3.03. The van der Waals surface area contributed by atoms with Crippen LogP contribution in [0.4, 0.5) is 0 Å². The number of esters is 1. The summed E-state index contributed by atoms with van der Waals surface area (Å²) in [6.45, 7) is 3.88. The second-order valence-corrected chi connectivity index (χ2v) is 6.45. The molecule has 0 aromatic heterocycles. The second-order valence-electron chi connectivity index (χ2n) is 6.02. The van der Waals surface area contributed by atoms with Crippen molar-refractivity contribution in [2.45, 2.75) is 0 Å². The molecule has 0 atom stereocenters. The van der Waals surface area contributed by atoms with Gasteiger partial charge < -0.3 is 4.74 Å². The summed E-state index contributed by atoms with van der Waals surface area (Å²) in [6.07, 6.45) is 0. The summed E-state index contributed by atoms with van der Waals surface area (Å²) in [4.78, 5) is 12.6. The van der Waals surface area contributed by atoms with E-state index in [-0.39, 0.29) is 0 Å². The highest BCUT2D eigenvalue weighted by Gasteiger charge is 2.15. The zero-order valence-corrected chi connectivity index (χ0v) is 14.7. The third-order valence-electron chi connectivity index (χ3n) is 4.37. The van der Waals surface area contributed by atoms with E-state index >= 15 is 0 Å². The van der Waals surface area contributed by atoms with Crippen LogP contribution >= 0.6 is 11.6 Å². The normalized spacial score (nSPS) is 10.8. The van der Waals surface area contributed by atoms with Gasteiger partial charge in [0.05, 0.1) is 5.57 Å². The van der Waals surface area contributed by atoms with Gasteiger partial charge in [-0.3, -0.25) is 0 Å². The number of carbonyl (C=O) groups excluding carboxylic acids is 1. The van der Waals surface area contributed by atoms with Crippen molar-refractivity contribution in [3.05, 3.63) is 96.0 Å². The van der Waals surface area contributed by atoms with Gasteiger partial charge in [0.2, 0.25) is 0 Å². The fraction of sp³-hybridized carbons (Fsp3) is 0. The maximum absolute atomic E-state index is 12.6. The minimum atomic E-state index is -0.479. The Hall–Kier alpha value is -3.10. The number of halogens is 1. The van der Waals surface area contributed by atoms with E-state index in [1.807, 2.05) is 48.5 Å². The Kier molecular flexibility index (Phi) is 4.19. The number of hydrogen-bond donors (Lipinski definition) is 0. The van der Waals surface area contributed by atoms with Crippen molar-refractivity contribution >= 4 is 44.7 Å². The van der Waals surface area contributed by atoms with E-state index in [1.54, 1.807) is 24.3 Å². The molecule has 0 saturated carbocycles. The van der Waals surface area contributed by atoms with E-state index in [0.717, 1.165) is 21.5 Å². The van der Waals surface area contributed by atoms with Crippen molar-refractivity contribution in [1.82, 2.24) is 0 Å². The molecule has 0 spiro atoms. The van der Waals surface area contributed by atoms with Gasteiger partial charge in [0, 0.05) is 10.4 Å². The van der Waals surface area contributed by atoms with Crippen molar-refractivity contribution in [2.24, 2.45) is 0 Å². The van der Waals surface area contributed by atoms with Gasteiger partial charge in [-0.2, -0.15) is 0 Å². The standard InChI is InChI=1S/C23H15ClO2/c1-15(16-10-12-18(24)13-11-16)23(25)26-22-14-17-6-2-3-7-19(17)20-8-4-5-9-21(20)22/h2-14H,1H2. The molecule has 3 heteroatoms. The minimum absolute atomic E-state index is 0.291. The van der Waals surface area contributed by atoms with E-state index in [2.05, 4.69) is 12.6 Å². The van der Waals surface area contributed by atoms with Gasteiger partial charge in [-0.15, -0.1) is 0 Å².